The average Bonchev–Trinajstić information content (AvgIpc) is 2.53. The largest absolute Gasteiger partial charge is 0.444 e. The highest BCUT2D eigenvalue weighted by Crippen LogP contribution is 2.23. The van der Waals surface area contributed by atoms with E-state index in [-0.39, 0.29) is 24.5 Å². The Morgan fingerprint density at radius 1 is 1.21 bits per heavy atom. The summed E-state index contributed by atoms with van der Waals surface area (Å²) in [5.41, 5.74) is -0.456. The predicted molar refractivity (Wildman–Crippen MR) is 95.1 cm³/mol. The van der Waals surface area contributed by atoms with Crippen LogP contribution in [0.25, 0.3) is 0 Å². The summed E-state index contributed by atoms with van der Waals surface area (Å²) in [5.74, 6) is 0. The van der Waals surface area contributed by atoms with Crippen LogP contribution in [-0.2, 0) is 14.2 Å². The van der Waals surface area contributed by atoms with Gasteiger partial charge in [0.15, 0.2) is 6.29 Å². The number of likely N-dealkylation sites (tertiary alicyclic amines) is 1. The van der Waals surface area contributed by atoms with Gasteiger partial charge in [0.05, 0.1) is 6.04 Å². The molecule has 0 aromatic rings. The van der Waals surface area contributed by atoms with Crippen LogP contribution in [0.4, 0.5) is 4.79 Å². The molecule has 1 unspecified atom stereocenters. The van der Waals surface area contributed by atoms with Gasteiger partial charge in [-0.2, -0.15) is 0 Å². The Morgan fingerprint density at radius 2 is 1.75 bits per heavy atom. The first-order chi connectivity index (χ1) is 11.2. The van der Waals surface area contributed by atoms with E-state index in [0.29, 0.717) is 0 Å². The molecule has 1 saturated heterocycles. The first-order valence-electron chi connectivity index (χ1n) is 8.99. The lowest BCUT2D eigenvalue weighted by atomic mass is 10.00. The van der Waals surface area contributed by atoms with Crippen LogP contribution < -0.4 is 0 Å². The molecule has 0 aromatic carbocycles. The van der Waals surface area contributed by atoms with E-state index in [1.165, 1.54) is 0 Å². The number of amides is 1. The van der Waals surface area contributed by atoms with Gasteiger partial charge in [0, 0.05) is 40.4 Å². The Kier molecular flexibility index (Phi) is 8.46. The fourth-order valence-electron chi connectivity index (χ4n) is 3.28. The molecule has 6 heteroatoms. The summed E-state index contributed by atoms with van der Waals surface area (Å²) < 4.78 is 16.4. The highest BCUT2D eigenvalue weighted by atomic mass is 16.7. The topological polar surface area (TPSA) is 51.2 Å². The van der Waals surface area contributed by atoms with E-state index in [1.807, 2.05) is 27.8 Å². The third-order valence-corrected chi connectivity index (χ3v) is 4.56. The lowest BCUT2D eigenvalue weighted by Crippen LogP contribution is -2.52. The molecule has 0 radical (unpaired) electrons. The Labute approximate surface area is 147 Å². The fourth-order valence-corrected chi connectivity index (χ4v) is 3.28. The fraction of sp³-hybridized carbons (Fsp3) is 0.944. The first kappa shape index (κ1) is 21.2. The van der Waals surface area contributed by atoms with Crippen molar-refractivity contribution in [3.05, 3.63) is 0 Å². The molecular weight excluding hydrogens is 308 g/mol. The third-order valence-electron chi connectivity index (χ3n) is 4.56. The maximum Gasteiger partial charge on any atom is 0.410 e. The van der Waals surface area contributed by atoms with E-state index in [2.05, 4.69) is 11.8 Å². The molecule has 0 N–H and O–H groups in total. The van der Waals surface area contributed by atoms with Gasteiger partial charge in [-0.25, -0.2) is 4.79 Å². The van der Waals surface area contributed by atoms with E-state index in [4.69, 9.17) is 14.2 Å². The van der Waals surface area contributed by atoms with Crippen LogP contribution in [0.15, 0.2) is 0 Å². The Bertz CT molecular complexity index is 372. The maximum atomic E-state index is 12.2. The Morgan fingerprint density at radius 3 is 2.17 bits per heavy atom. The van der Waals surface area contributed by atoms with Gasteiger partial charge in [-0.15, -0.1) is 0 Å². The van der Waals surface area contributed by atoms with Gasteiger partial charge in [0.2, 0.25) is 0 Å². The van der Waals surface area contributed by atoms with Crippen LogP contribution in [0.5, 0.6) is 0 Å². The average molecular weight is 344 g/mol. The van der Waals surface area contributed by atoms with Crippen molar-refractivity contribution in [3.8, 4) is 0 Å². The number of rotatable bonds is 7. The minimum atomic E-state index is -0.456. The van der Waals surface area contributed by atoms with Crippen LogP contribution in [0.1, 0.15) is 53.4 Å². The zero-order chi connectivity index (χ0) is 18.3. The van der Waals surface area contributed by atoms with Gasteiger partial charge in [-0.1, -0.05) is 13.3 Å². The van der Waals surface area contributed by atoms with Crippen LogP contribution in [-0.4, -0.2) is 74.2 Å². The molecule has 0 saturated carbocycles. The van der Waals surface area contributed by atoms with Crippen molar-refractivity contribution in [3.63, 3.8) is 0 Å². The number of hydrogen-bond acceptors (Lipinski definition) is 5. The highest BCUT2D eigenvalue weighted by Gasteiger charge is 2.33. The molecule has 0 bridgehead atoms. The standard InChI is InChI=1S/C18H36N2O4/c1-8-9-15(16(22-6)23-7)20-12-10-14(11-13-20)19(5)17(21)24-18(2,3)4/h14-16H,8-13H2,1-7H3. The third kappa shape index (κ3) is 6.22. The van der Waals surface area contributed by atoms with E-state index in [1.54, 1.807) is 19.1 Å². The molecule has 0 spiro atoms. The highest BCUT2D eigenvalue weighted by molar-refractivity contribution is 5.68. The SMILES string of the molecule is CCCC(C(OC)OC)N1CCC(N(C)C(=O)OC(C)(C)C)CC1. The number of methoxy groups -OCH3 is 2. The van der Waals surface area contributed by atoms with Crippen molar-refractivity contribution >= 4 is 6.09 Å². The Balaban J connectivity index is 2.59. The second-order valence-electron chi connectivity index (χ2n) is 7.55. The summed E-state index contributed by atoms with van der Waals surface area (Å²) in [4.78, 5) is 16.4. The first-order valence-corrected chi connectivity index (χ1v) is 8.99. The summed E-state index contributed by atoms with van der Waals surface area (Å²) in [5, 5.41) is 0. The number of carbonyl (C=O) groups is 1. The second-order valence-corrected chi connectivity index (χ2v) is 7.55. The van der Waals surface area contributed by atoms with Crippen LogP contribution in [0.3, 0.4) is 0 Å². The van der Waals surface area contributed by atoms with Crippen molar-refractivity contribution in [1.29, 1.82) is 0 Å². The molecule has 1 atom stereocenters. The minimum absolute atomic E-state index is 0.204. The quantitative estimate of drug-likeness (QED) is 0.664. The molecule has 0 aromatic heterocycles. The van der Waals surface area contributed by atoms with Gasteiger partial charge in [-0.05, 0) is 40.0 Å². The lowest BCUT2D eigenvalue weighted by molar-refractivity contribution is -0.152. The predicted octanol–water partition coefficient (Wildman–Crippen LogP) is 3.11. The van der Waals surface area contributed by atoms with Crippen molar-refractivity contribution in [1.82, 2.24) is 9.80 Å². The van der Waals surface area contributed by atoms with Crippen molar-refractivity contribution < 1.29 is 19.0 Å². The van der Waals surface area contributed by atoms with Gasteiger partial charge in [0.1, 0.15) is 5.60 Å². The van der Waals surface area contributed by atoms with Crippen LogP contribution in [0, 0.1) is 0 Å². The van der Waals surface area contributed by atoms with Gasteiger partial charge >= 0.3 is 6.09 Å². The maximum absolute atomic E-state index is 12.2. The zero-order valence-corrected chi connectivity index (χ0v) is 16.5. The molecule has 1 amide bonds. The lowest BCUT2D eigenvalue weighted by Gasteiger charge is -2.42. The van der Waals surface area contributed by atoms with Crippen molar-refractivity contribution in [2.45, 2.75) is 77.4 Å². The summed E-state index contributed by atoms with van der Waals surface area (Å²) in [7, 11) is 5.23. The molecular formula is C18H36N2O4. The molecule has 24 heavy (non-hydrogen) atoms. The summed E-state index contributed by atoms with van der Waals surface area (Å²) >= 11 is 0. The van der Waals surface area contributed by atoms with E-state index in [0.717, 1.165) is 38.8 Å². The zero-order valence-electron chi connectivity index (χ0n) is 16.5. The number of piperidine rings is 1. The van der Waals surface area contributed by atoms with Crippen LogP contribution >= 0.6 is 0 Å². The number of ether oxygens (including phenoxy) is 3. The number of carbonyl (C=O) groups excluding carboxylic acids is 1. The number of nitrogens with zero attached hydrogens (tertiary/aromatic N) is 2. The monoisotopic (exact) mass is 344 g/mol. The van der Waals surface area contributed by atoms with E-state index < -0.39 is 5.60 Å². The summed E-state index contributed by atoms with van der Waals surface area (Å²) in [6.45, 7) is 9.74. The Hall–Kier alpha value is -0.850. The van der Waals surface area contributed by atoms with Crippen molar-refractivity contribution in [2.75, 3.05) is 34.4 Å². The second kappa shape index (κ2) is 9.59. The summed E-state index contributed by atoms with van der Waals surface area (Å²) in [6, 6.07) is 0.486. The van der Waals surface area contributed by atoms with Gasteiger partial charge in [0.25, 0.3) is 0 Å². The summed E-state index contributed by atoms with van der Waals surface area (Å²) in [6.07, 6.45) is 3.57. The van der Waals surface area contributed by atoms with E-state index >= 15 is 0 Å². The molecule has 142 valence electrons. The molecule has 0 aliphatic carbocycles. The number of hydrogen-bond donors (Lipinski definition) is 0. The van der Waals surface area contributed by atoms with Crippen molar-refractivity contribution in [2.24, 2.45) is 0 Å². The molecule has 1 aliphatic rings. The molecule has 1 rings (SSSR count). The minimum Gasteiger partial charge on any atom is -0.444 e. The van der Waals surface area contributed by atoms with Gasteiger partial charge in [-0.3, -0.25) is 4.90 Å². The molecule has 6 nitrogen and oxygen atoms in total. The molecule has 1 aliphatic heterocycles. The molecule has 1 fully saturated rings. The molecule has 1 heterocycles. The van der Waals surface area contributed by atoms with Crippen LogP contribution in [0.2, 0.25) is 0 Å². The smallest absolute Gasteiger partial charge is 0.410 e. The normalized spacial score (nSPS) is 18.7. The van der Waals surface area contributed by atoms with Gasteiger partial charge < -0.3 is 19.1 Å². The van der Waals surface area contributed by atoms with E-state index in [9.17, 15) is 4.79 Å².